The molecule has 2 amide bonds. The molecule has 3 heterocycles. The number of hydrogen-bond donors (Lipinski definition) is 1. The summed E-state index contributed by atoms with van der Waals surface area (Å²) in [6, 6.07) is 7.99. The smallest absolute Gasteiger partial charge is 0.236 e. The van der Waals surface area contributed by atoms with Gasteiger partial charge in [0.25, 0.3) is 0 Å². The Labute approximate surface area is 188 Å². The van der Waals surface area contributed by atoms with E-state index in [1.54, 1.807) is 11.8 Å². The number of nitrogens with zero attached hydrogens (tertiary/aromatic N) is 4. The summed E-state index contributed by atoms with van der Waals surface area (Å²) in [5.74, 6) is 1.78. The third kappa shape index (κ3) is 5.80. The summed E-state index contributed by atoms with van der Waals surface area (Å²) in [6.45, 7) is 7.32. The van der Waals surface area contributed by atoms with Crippen molar-refractivity contribution in [2.24, 2.45) is 0 Å². The summed E-state index contributed by atoms with van der Waals surface area (Å²) < 4.78 is 0. The molecule has 1 N–H and O–H groups in total. The van der Waals surface area contributed by atoms with Gasteiger partial charge in [0, 0.05) is 39.3 Å². The highest BCUT2D eigenvalue weighted by Gasteiger charge is 2.25. The van der Waals surface area contributed by atoms with Crippen LogP contribution >= 0.6 is 11.8 Å². The maximum Gasteiger partial charge on any atom is 0.236 e. The van der Waals surface area contributed by atoms with Gasteiger partial charge in [-0.25, -0.2) is 4.98 Å². The quantitative estimate of drug-likeness (QED) is 0.743. The number of carbonyl (C=O) groups is 2. The second kappa shape index (κ2) is 10.5. The second-order valence-electron chi connectivity index (χ2n) is 8.54. The minimum Gasteiger partial charge on any atom is -0.342 e. The van der Waals surface area contributed by atoms with Gasteiger partial charge in [-0.05, 0) is 31.9 Å². The lowest BCUT2D eigenvalue weighted by Crippen LogP contribution is -2.52. The van der Waals surface area contributed by atoms with Crippen LogP contribution in [-0.2, 0) is 9.59 Å². The first-order valence-electron chi connectivity index (χ1n) is 11.4. The fourth-order valence-corrected chi connectivity index (χ4v) is 5.14. The molecule has 2 fully saturated rings. The molecule has 2 aliphatic rings. The Morgan fingerprint density at radius 3 is 2.35 bits per heavy atom. The van der Waals surface area contributed by atoms with Crippen molar-refractivity contribution >= 4 is 34.6 Å². The SMILES string of the molecule is CC(SCC(=O)N1CCN(CC(=O)N2CCCCCC2)CC1)c1nc2ccccc2[nH]1. The molecule has 1 aromatic carbocycles. The van der Waals surface area contributed by atoms with Crippen molar-refractivity contribution in [3.63, 3.8) is 0 Å². The number of benzene rings is 1. The van der Waals surface area contributed by atoms with E-state index in [1.165, 1.54) is 12.8 Å². The standard InChI is InChI=1S/C23H33N5O2S/c1-18(23-24-19-8-4-5-9-20(19)25-23)31-17-22(30)28-14-12-26(13-15-28)16-21(29)27-10-6-2-3-7-11-27/h4-5,8-9,18H,2-3,6-7,10-17H2,1H3,(H,24,25). The van der Waals surface area contributed by atoms with Gasteiger partial charge in [-0.2, -0.15) is 0 Å². The first-order chi connectivity index (χ1) is 15.1. The van der Waals surface area contributed by atoms with Crippen LogP contribution in [0, 0.1) is 0 Å². The van der Waals surface area contributed by atoms with E-state index in [0.717, 1.165) is 55.9 Å². The number of para-hydroxylation sites is 2. The topological polar surface area (TPSA) is 72.5 Å². The number of thioether (sulfide) groups is 1. The minimum absolute atomic E-state index is 0.129. The first kappa shape index (κ1) is 22.1. The predicted octanol–water partition coefficient (Wildman–Crippen LogP) is 2.90. The highest BCUT2D eigenvalue weighted by Crippen LogP contribution is 2.28. The van der Waals surface area contributed by atoms with Gasteiger partial charge in [0.2, 0.25) is 11.8 Å². The molecule has 8 heteroatoms. The van der Waals surface area contributed by atoms with Gasteiger partial charge < -0.3 is 14.8 Å². The lowest BCUT2D eigenvalue weighted by Gasteiger charge is -2.35. The molecule has 168 valence electrons. The van der Waals surface area contributed by atoms with E-state index in [2.05, 4.69) is 21.8 Å². The molecule has 1 aromatic heterocycles. The van der Waals surface area contributed by atoms with Gasteiger partial charge in [0.05, 0.1) is 28.6 Å². The van der Waals surface area contributed by atoms with Crippen molar-refractivity contribution in [1.82, 2.24) is 24.7 Å². The molecule has 1 unspecified atom stereocenters. The number of amides is 2. The Balaban J connectivity index is 1.19. The van der Waals surface area contributed by atoms with E-state index in [-0.39, 0.29) is 17.1 Å². The third-order valence-electron chi connectivity index (χ3n) is 6.29. The maximum absolute atomic E-state index is 12.7. The Morgan fingerprint density at radius 1 is 0.968 bits per heavy atom. The number of hydrogen-bond acceptors (Lipinski definition) is 5. The molecule has 31 heavy (non-hydrogen) atoms. The van der Waals surface area contributed by atoms with Crippen molar-refractivity contribution in [3.05, 3.63) is 30.1 Å². The number of nitrogens with one attached hydrogen (secondary N) is 1. The largest absolute Gasteiger partial charge is 0.342 e. The molecular weight excluding hydrogens is 410 g/mol. The first-order valence-corrected chi connectivity index (χ1v) is 12.5. The highest BCUT2D eigenvalue weighted by atomic mass is 32.2. The molecule has 0 aliphatic carbocycles. The Hall–Kier alpha value is -2.06. The van der Waals surface area contributed by atoms with Crippen LogP contribution in [-0.4, -0.2) is 88.0 Å². The van der Waals surface area contributed by atoms with E-state index < -0.39 is 0 Å². The second-order valence-corrected chi connectivity index (χ2v) is 9.87. The van der Waals surface area contributed by atoms with Crippen LogP contribution < -0.4 is 0 Å². The zero-order chi connectivity index (χ0) is 21.6. The van der Waals surface area contributed by atoms with Crippen LogP contribution in [0.4, 0.5) is 0 Å². The lowest BCUT2D eigenvalue weighted by molar-refractivity contribution is -0.134. The number of aromatic amines is 1. The van der Waals surface area contributed by atoms with Crippen molar-refractivity contribution < 1.29 is 9.59 Å². The van der Waals surface area contributed by atoms with E-state index >= 15 is 0 Å². The summed E-state index contributed by atoms with van der Waals surface area (Å²) in [5.41, 5.74) is 1.99. The predicted molar refractivity (Wildman–Crippen MR) is 125 cm³/mol. The Morgan fingerprint density at radius 2 is 1.65 bits per heavy atom. The number of fused-ring (bicyclic) bond motifs is 1. The van der Waals surface area contributed by atoms with Gasteiger partial charge in [-0.3, -0.25) is 14.5 Å². The number of piperazine rings is 1. The molecule has 0 spiro atoms. The van der Waals surface area contributed by atoms with Gasteiger partial charge in [-0.15, -0.1) is 11.8 Å². The Kier molecular flexibility index (Phi) is 7.50. The Bertz CT molecular complexity index is 852. The van der Waals surface area contributed by atoms with Crippen molar-refractivity contribution in [2.75, 3.05) is 51.6 Å². The molecule has 7 nitrogen and oxygen atoms in total. The number of H-pyrrole nitrogens is 1. The van der Waals surface area contributed by atoms with E-state index in [0.29, 0.717) is 25.4 Å². The average Bonchev–Trinajstić information content (AvgIpc) is 3.03. The van der Waals surface area contributed by atoms with Crippen molar-refractivity contribution in [1.29, 1.82) is 0 Å². The third-order valence-corrected chi connectivity index (χ3v) is 7.43. The number of likely N-dealkylation sites (tertiary alicyclic amines) is 1. The maximum atomic E-state index is 12.7. The number of carbonyl (C=O) groups excluding carboxylic acids is 2. The zero-order valence-corrected chi connectivity index (χ0v) is 19.2. The summed E-state index contributed by atoms with van der Waals surface area (Å²) in [5, 5.41) is 0.129. The molecule has 1 atom stereocenters. The fourth-order valence-electron chi connectivity index (χ4n) is 4.30. The van der Waals surface area contributed by atoms with Crippen LogP contribution in [0.5, 0.6) is 0 Å². The van der Waals surface area contributed by atoms with Gasteiger partial charge in [0.1, 0.15) is 5.82 Å². The van der Waals surface area contributed by atoms with Gasteiger partial charge in [-0.1, -0.05) is 25.0 Å². The number of imidazole rings is 1. The highest BCUT2D eigenvalue weighted by molar-refractivity contribution is 8.00. The molecular formula is C23H33N5O2S. The molecule has 2 saturated heterocycles. The molecule has 0 saturated carbocycles. The van der Waals surface area contributed by atoms with E-state index in [4.69, 9.17) is 0 Å². The average molecular weight is 444 g/mol. The zero-order valence-electron chi connectivity index (χ0n) is 18.4. The summed E-state index contributed by atoms with van der Waals surface area (Å²) in [6.07, 6.45) is 4.71. The van der Waals surface area contributed by atoms with E-state index in [9.17, 15) is 9.59 Å². The van der Waals surface area contributed by atoms with Crippen LogP contribution in [0.1, 0.15) is 43.7 Å². The van der Waals surface area contributed by atoms with Crippen LogP contribution in [0.2, 0.25) is 0 Å². The fraction of sp³-hybridized carbons (Fsp3) is 0.609. The monoisotopic (exact) mass is 443 g/mol. The van der Waals surface area contributed by atoms with Crippen LogP contribution in [0.3, 0.4) is 0 Å². The van der Waals surface area contributed by atoms with Crippen molar-refractivity contribution in [2.45, 2.75) is 37.9 Å². The number of aromatic nitrogens is 2. The van der Waals surface area contributed by atoms with Crippen molar-refractivity contribution in [3.8, 4) is 0 Å². The summed E-state index contributed by atoms with van der Waals surface area (Å²) >= 11 is 1.62. The minimum atomic E-state index is 0.129. The van der Waals surface area contributed by atoms with Crippen LogP contribution in [0.15, 0.2) is 24.3 Å². The normalized spacial score (nSPS) is 19.4. The molecule has 0 radical (unpaired) electrons. The number of rotatable bonds is 6. The molecule has 2 aliphatic heterocycles. The molecule has 0 bridgehead atoms. The van der Waals surface area contributed by atoms with E-state index in [1.807, 2.05) is 34.1 Å². The lowest BCUT2D eigenvalue weighted by atomic mass is 10.2. The van der Waals surface area contributed by atoms with Gasteiger partial charge >= 0.3 is 0 Å². The van der Waals surface area contributed by atoms with Gasteiger partial charge in [0.15, 0.2) is 0 Å². The summed E-state index contributed by atoms with van der Waals surface area (Å²) in [4.78, 5) is 39.5. The molecule has 2 aromatic rings. The molecule has 4 rings (SSSR count). The summed E-state index contributed by atoms with van der Waals surface area (Å²) in [7, 11) is 0. The van der Waals surface area contributed by atoms with Crippen LogP contribution in [0.25, 0.3) is 11.0 Å².